The summed E-state index contributed by atoms with van der Waals surface area (Å²) in [7, 11) is 0. The van der Waals surface area contributed by atoms with Crippen molar-refractivity contribution >= 4 is 29.0 Å². The summed E-state index contributed by atoms with van der Waals surface area (Å²) in [6, 6.07) is 8.66. The summed E-state index contributed by atoms with van der Waals surface area (Å²) < 4.78 is 5.56. The second-order valence-corrected chi connectivity index (χ2v) is 4.36. The van der Waals surface area contributed by atoms with E-state index in [-0.39, 0.29) is 0 Å². The number of rotatable bonds is 3. The van der Waals surface area contributed by atoms with Crippen molar-refractivity contribution in [3.63, 3.8) is 0 Å². The maximum absolute atomic E-state index is 5.86. The number of nitrogen functional groups attached to an aromatic ring is 1. The third-order valence-electron chi connectivity index (χ3n) is 2.09. The largest absolute Gasteiger partial charge is 0.489 e. The fourth-order valence-corrected chi connectivity index (χ4v) is 1.87. The standard InChI is InChI=1S/C12H10Cl2N2O/c13-9-4-10(14)6-11(5-9)17-7-8-1-2-16-12(15)3-8/h1-6H,7H2,(H2,15,16). The van der Waals surface area contributed by atoms with Gasteiger partial charge in [-0.05, 0) is 35.9 Å². The molecule has 0 atom stereocenters. The van der Waals surface area contributed by atoms with Crippen LogP contribution < -0.4 is 10.5 Å². The van der Waals surface area contributed by atoms with Gasteiger partial charge in [-0.25, -0.2) is 4.98 Å². The zero-order valence-electron chi connectivity index (χ0n) is 8.86. The molecule has 2 N–H and O–H groups in total. The summed E-state index contributed by atoms with van der Waals surface area (Å²) in [6.07, 6.45) is 1.64. The Morgan fingerprint density at radius 2 is 1.82 bits per heavy atom. The van der Waals surface area contributed by atoms with Crippen LogP contribution in [-0.4, -0.2) is 4.98 Å². The molecule has 17 heavy (non-hydrogen) atoms. The molecule has 5 heteroatoms. The number of benzene rings is 1. The number of nitrogens with two attached hydrogens (primary N) is 1. The van der Waals surface area contributed by atoms with E-state index in [4.69, 9.17) is 33.7 Å². The van der Waals surface area contributed by atoms with Gasteiger partial charge in [0.2, 0.25) is 0 Å². The highest BCUT2D eigenvalue weighted by Gasteiger charge is 2.00. The average Bonchev–Trinajstić information content (AvgIpc) is 2.25. The minimum Gasteiger partial charge on any atom is -0.489 e. The van der Waals surface area contributed by atoms with Crippen LogP contribution in [0.5, 0.6) is 5.75 Å². The number of aromatic nitrogens is 1. The zero-order chi connectivity index (χ0) is 12.3. The molecular weight excluding hydrogens is 259 g/mol. The van der Waals surface area contributed by atoms with Gasteiger partial charge in [0.1, 0.15) is 18.2 Å². The Labute approximate surface area is 109 Å². The number of halogens is 2. The van der Waals surface area contributed by atoms with Crippen LogP contribution in [0, 0.1) is 0 Å². The van der Waals surface area contributed by atoms with Gasteiger partial charge in [0, 0.05) is 16.2 Å². The summed E-state index contributed by atoms with van der Waals surface area (Å²) in [5.74, 6) is 1.09. The smallest absolute Gasteiger partial charge is 0.123 e. The summed E-state index contributed by atoms with van der Waals surface area (Å²) >= 11 is 11.7. The molecule has 2 rings (SSSR count). The van der Waals surface area contributed by atoms with Gasteiger partial charge in [0.25, 0.3) is 0 Å². The van der Waals surface area contributed by atoms with Crippen LogP contribution in [0.1, 0.15) is 5.56 Å². The molecule has 0 spiro atoms. The summed E-state index contributed by atoms with van der Waals surface area (Å²) in [5, 5.41) is 1.09. The molecule has 0 fully saturated rings. The molecule has 3 nitrogen and oxygen atoms in total. The number of hydrogen-bond acceptors (Lipinski definition) is 3. The molecule has 0 radical (unpaired) electrons. The molecule has 0 bridgehead atoms. The molecule has 2 aromatic rings. The Morgan fingerprint density at radius 1 is 1.12 bits per heavy atom. The van der Waals surface area contributed by atoms with Gasteiger partial charge in [-0.1, -0.05) is 23.2 Å². The molecule has 0 unspecified atom stereocenters. The van der Waals surface area contributed by atoms with Crippen molar-refractivity contribution in [1.82, 2.24) is 4.98 Å². The highest BCUT2D eigenvalue weighted by molar-refractivity contribution is 6.34. The van der Waals surface area contributed by atoms with Crippen LogP contribution >= 0.6 is 23.2 Å². The Balaban J connectivity index is 2.07. The molecular formula is C12H10Cl2N2O. The molecule has 0 amide bonds. The molecule has 1 aromatic carbocycles. The van der Waals surface area contributed by atoms with Gasteiger partial charge in [-0.15, -0.1) is 0 Å². The van der Waals surface area contributed by atoms with E-state index in [0.717, 1.165) is 5.56 Å². The molecule has 0 aliphatic carbocycles. The van der Waals surface area contributed by atoms with E-state index in [1.165, 1.54) is 0 Å². The van der Waals surface area contributed by atoms with E-state index < -0.39 is 0 Å². The minimum atomic E-state index is 0.392. The maximum Gasteiger partial charge on any atom is 0.123 e. The number of nitrogens with zero attached hydrogens (tertiary/aromatic N) is 1. The van der Waals surface area contributed by atoms with E-state index in [2.05, 4.69) is 4.98 Å². The van der Waals surface area contributed by atoms with Crippen LogP contribution in [0.2, 0.25) is 10.0 Å². The first-order chi connectivity index (χ1) is 8.13. The van der Waals surface area contributed by atoms with Crippen molar-refractivity contribution in [1.29, 1.82) is 0 Å². The van der Waals surface area contributed by atoms with Gasteiger partial charge < -0.3 is 10.5 Å². The Bertz CT molecular complexity index is 511. The minimum absolute atomic E-state index is 0.392. The number of anilines is 1. The summed E-state index contributed by atoms with van der Waals surface area (Å²) in [6.45, 7) is 0.392. The maximum atomic E-state index is 5.86. The molecule has 0 aliphatic heterocycles. The number of hydrogen-bond donors (Lipinski definition) is 1. The van der Waals surface area contributed by atoms with E-state index in [1.807, 2.05) is 6.07 Å². The van der Waals surface area contributed by atoms with Gasteiger partial charge in [0.15, 0.2) is 0 Å². The SMILES string of the molecule is Nc1cc(COc2cc(Cl)cc(Cl)c2)ccn1. The van der Waals surface area contributed by atoms with E-state index in [0.29, 0.717) is 28.2 Å². The first kappa shape index (κ1) is 12.0. The van der Waals surface area contributed by atoms with Crippen molar-refractivity contribution < 1.29 is 4.74 Å². The second-order valence-electron chi connectivity index (χ2n) is 3.48. The third-order valence-corrected chi connectivity index (χ3v) is 2.52. The van der Waals surface area contributed by atoms with E-state index in [9.17, 15) is 0 Å². The summed E-state index contributed by atoms with van der Waals surface area (Å²) in [4.78, 5) is 3.90. The Hall–Kier alpha value is -1.45. The predicted molar refractivity (Wildman–Crippen MR) is 69.4 cm³/mol. The molecule has 88 valence electrons. The van der Waals surface area contributed by atoms with Crippen molar-refractivity contribution in [3.8, 4) is 5.75 Å². The van der Waals surface area contributed by atoms with Crippen LogP contribution in [0.3, 0.4) is 0 Å². The zero-order valence-corrected chi connectivity index (χ0v) is 10.4. The highest BCUT2D eigenvalue weighted by Crippen LogP contribution is 2.24. The molecule has 0 saturated carbocycles. The quantitative estimate of drug-likeness (QED) is 0.926. The average molecular weight is 269 g/mol. The monoisotopic (exact) mass is 268 g/mol. The molecule has 0 saturated heterocycles. The fourth-order valence-electron chi connectivity index (χ4n) is 1.36. The van der Waals surface area contributed by atoms with E-state index >= 15 is 0 Å². The topological polar surface area (TPSA) is 48.1 Å². The molecule has 0 aliphatic rings. The lowest BCUT2D eigenvalue weighted by molar-refractivity contribution is 0.306. The lowest BCUT2D eigenvalue weighted by Crippen LogP contribution is -1.98. The Morgan fingerprint density at radius 3 is 2.47 bits per heavy atom. The predicted octanol–water partition coefficient (Wildman–Crippen LogP) is 3.55. The van der Waals surface area contributed by atoms with E-state index in [1.54, 1.807) is 30.5 Å². The second kappa shape index (κ2) is 5.25. The lowest BCUT2D eigenvalue weighted by atomic mass is 10.3. The van der Waals surface area contributed by atoms with Gasteiger partial charge in [-0.2, -0.15) is 0 Å². The van der Waals surface area contributed by atoms with Crippen LogP contribution in [-0.2, 0) is 6.61 Å². The van der Waals surface area contributed by atoms with Crippen molar-refractivity contribution in [3.05, 3.63) is 52.1 Å². The first-order valence-corrected chi connectivity index (χ1v) is 5.68. The summed E-state index contributed by atoms with van der Waals surface area (Å²) in [5.41, 5.74) is 6.51. The van der Waals surface area contributed by atoms with Crippen molar-refractivity contribution in [2.45, 2.75) is 6.61 Å². The van der Waals surface area contributed by atoms with Gasteiger partial charge >= 0.3 is 0 Å². The van der Waals surface area contributed by atoms with Crippen molar-refractivity contribution in [2.24, 2.45) is 0 Å². The molecule has 1 heterocycles. The van der Waals surface area contributed by atoms with Crippen LogP contribution in [0.25, 0.3) is 0 Å². The molecule has 1 aromatic heterocycles. The first-order valence-electron chi connectivity index (χ1n) is 4.93. The number of ether oxygens (including phenoxy) is 1. The van der Waals surface area contributed by atoms with Crippen molar-refractivity contribution in [2.75, 3.05) is 5.73 Å². The third kappa shape index (κ3) is 3.51. The normalized spacial score (nSPS) is 10.2. The van der Waals surface area contributed by atoms with Crippen LogP contribution in [0.4, 0.5) is 5.82 Å². The highest BCUT2D eigenvalue weighted by atomic mass is 35.5. The lowest BCUT2D eigenvalue weighted by Gasteiger charge is -2.07. The van der Waals surface area contributed by atoms with Gasteiger partial charge in [-0.3, -0.25) is 0 Å². The van der Waals surface area contributed by atoms with Crippen LogP contribution in [0.15, 0.2) is 36.5 Å². The number of pyridine rings is 1. The Kier molecular flexibility index (Phi) is 3.71. The fraction of sp³-hybridized carbons (Fsp3) is 0.0833. The van der Waals surface area contributed by atoms with Gasteiger partial charge in [0.05, 0.1) is 0 Å².